The topological polar surface area (TPSA) is 95.1 Å². The second kappa shape index (κ2) is 8.73. The molecule has 2 heterocycles. The van der Waals surface area contributed by atoms with Crippen LogP contribution in [0.1, 0.15) is 38.5 Å². The van der Waals surface area contributed by atoms with E-state index in [1.165, 1.54) is 44.2 Å². The van der Waals surface area contributed by atoms with Gasteiger partial charge in [-0.2, -0.15) is 0 Å². The highest BCUT2D eigenvalue weighted by Gasteiger charge is 2.43. The number of carbonyl (C=O) groups is 1. The number of fused-ring (bicyclic) bond motifs is 1. The van der Waals surface area contributed by atoms with Crippen LogP contribution >= 0.6 is 0 Å². The first-order valence-corrected chi connectivity index (χ1v) is 10.7. The monoisotopic (exact) mass is 406 g/mol. The molecular formula is C23H30N6O. The average molecular weight is 407 g/mol. The van der Waals surface area contributed by atoms with Crippen molar-refractivity contribution in [2.24, 2.45) is 15.7 Å². The van der Waals surface area contributed by atoms with Gasteiger partial charge in [0.25, 0.3) is 5.91 Å². The van der Waals surface area contributed by atoms with Gasteiger partial charge in [0.1, 0.15) is 11.5 Å². The van der Waals surface area contributed by atoms with Gasteiger partial charge in [-0.3, -0.25) is 4.79 Å². The summed E-state index contributed by atoms with van der Waals surface area (Å²) >= 11 is 0. The third-order valence-electron chi connectivity index (χ3n) is 6.28. The largest absolute Gasteiger partial charge is 0.403 e. The fourth-order valence-corrected chi connectivity index (χ4v) is 4.59. The van der Waals surface area contributed by atoms with Crippen molar-refractivity contribution in [1.82, 2.24) is 10.2 Å². The Hall–Kier alpha value is -3.09. The predicted molar refractivity (Wildman–Crippen MR) is 122 cm³/mol. The van der Waals surface area contributed by atoms with Gasteiger partial charge in [0.05, 0.1) is 16.9 Å². The number of hydrogen-bond acceptors (Lipinski definition) is 6. The molecule has 7 heteroatoms. The summed E-state index contributed by atoms with van der Waals surface area (Å²) in [5.41, 5.74) is 7.40. The van der Waals surface area contributed by atoms with Crippen molar-refractivity contribution in [2.75, 3.05) is 18.4 Å². The van der Waals surface area contributed by atoms with Crippen molar-refractivity contribution < 1.29 is 4.79 Å². The molecule has 4 rings (SSSR count). The third kappa shape index (κ3) is 3.97. The number of nitrogens with two attached hydrogens (primary N) is 1. The van der Waals surface area contributed by atoms with Crippen molar-refractivity contribution in [2.45, 2.75) is 50.1 Å². The summed E-state index contributed by atoms with van der Waals surface area (Å²) in [7, 11) is 0. The zero-order valence-corrected chi connectivity index (χ0v) is 17.3. The molecule has 1 spiro atoms. The highest BCUT2D eigenvalue weighted by Crippen LogP contribution is 2.38. The first-order valence-electron chi connectivity index (χ1n) is 10.7. The minimum absolute atomic E-state index is 0.114. The van der Waals surface area contributed by atoms with Crippen LogP contribution in [0.4, 0.5) is 11.4 Å². The van der Waals surface area contributed by atoms with Crippen LogP contribution in [0.5, 0.6) is 0 Å². The Morgan fingerprint density at radius 1 is 1.30 bits per heavy atom. The fourth-order valence-electron chi connectivity index (χ4n) is 4.59. The molecule has 2 fully saturated rings. The molecule has 1 aliphatic carbocycles. The summed E-state index contributed by atoms with van der Waals surface area (Å²) < 4.78 is 0. The number of para-hydroxylation sites is 2. The molecule has 0 unspecified atom stereocenters. The lowest BCUT2D eigenvalue weighted by Crippen LogP contribution is -2.61. The van der Waals surface area contributed by atoms with Crippen LogP contribution in [-0.4, -0.2) is 47.0 Å². The van der Waals surface area contributed by atoms with Crippen molar-refractivity contribution in [1.29, 1.82) is 0 Å². The van der Waals surface area contributed by atoms with E-state index in [0.29, 0.717) is 24.8 Å². The average Bonchev–Trinajstić information content (AvgIpc) is 3.28. The fraction of sp³-hybridized carbons (Fsp3) is 0.435. The van der Waals surface area contributed by atoms with Gasteiger partial charge in [-0.1, -0.05) is 31.6 Å². The lowest BCUT2D eigenvalue weighted by molar-refractivity contribution is -0.125. The number of likely N-dealkylation sites (tertiary alicyclic amines) is 1. The van der Waals surface area contributed by atoms with E-state index < -0.39 is 0 Å². The number of aliphatic imine (C=N–C) groups is 2. The lowest BCUT2D eigenvalue weighted by Gasteiger charge is -2.46. The standard InChI is InChI=1S/C23H30N6O/c1-2-18(25-14-13-24)21(30)29-15-11-23(12-16-29)22(26-17-7-3-4-8-17)27-19-9-5-6-10-20(19)28-23/h2,5-6,9-10,13-14,17,28H,1,3-4,7-8,11-12,15-16,24H2,(H,26,27)/b14-13-,25-18+. The van der Waals surface area contributed by atoms with Crippen molar-refractivity contribution in [3.63, 3.8) is 0 Å². The van der Waals surface area contributed by atoms with E-state index in [2.05, 4.69) is 28.3 Å². The maximum atomic E-state index is 12.8. The maximum absolute atomic E-state index is 12.8. The molecule has 1 amide bonds. The number of nitrogens with one attached hydrogen (secondary N) is 2. The number of nitrogens with zero attached hydrogens (tertiary/aromatic N) is 3. The molecular weight excluding hydrogens is 376 g/mol. The van der Waals surface area contributed by atoms with Gasteiger partial charge in [-0.05, 0) is 43.9 Å². The first-order chi connectivity index (χ1) is 14.6. The van der Waals surface area contributed by atoms with Gasteiger partial charge < -0.3 is 21.3 Å². The van der Waals surface area contributed by atoms with Crippen LogP contribution in [0, 0.1) is 0 Å². The zero-order valence-electron chi connectivity index (χ0n) is 17.3. The van der Waals surface area contributed by atoms with Crippen LogP contribution in [-0.2, 0) is 4.79 Å². The number of anilines is 1. The van der Waals surface area contributed by atoms with E-state index in [9.17, 15) is 4.79 Å². The van der Waals surface area contributed by atoms with Crippen molar-refractivity contribution in [3.05, 3.63) is 49.3 Å². The molecule has 4 N–H and O–H groups in total. The molecule has 0 radical (unpaired) electrons. The van der Waals surface area contributed by atoms with Gasteiger partial charge in [0.15, 0.2) is 0 Å². The summed E-state index contributed by atoms with van der Waals surface area (Å²) in [5, 5.41) is 7.51. The van der Waals surface area contributed by atoms with E-state index in [1.54, 1.807) is 0 Å². The van der Waals surface area contributed by atoms with Gasteiger partial charge in [0.2, 0.25) is 0 Å². The molecule has 30 heavy (non-hydrogen) atoms. The molecule has 1 aromatic rings. The number of amidine groups is 1. The molecule has 7 nitrogen and oxygen atoms in total. The van der Waals surface area contributed by atoms with E-state index >= 15 is 0 Å². The minimum atomic E-state index is -0.281. The smallest absolute Gasteiger partial charge is 0.272 e. The van der Waals surface area contributed by atoms with Crippen LogP contribution in [0.3, 0.4) is 0 Å². The summed E-state index contributed by atoms with van der Waals surface area (Å²) in [5.74, 6) is 0.903. The summed E-state index contributed by atoms with van der Waals surface area (Å²) in [6.07, 6.45) is 10.7. The van der Waals surface area contributed by atoms with Crippen molar-refractivity contribution in [3.8, 4) is 0 Å². The summed E-state index contributed by atoms with van der Waals surface area (Å²) in [6.45, 7) is 4.96. The van der Waals surface area contributed by atoms with Crippen LogP contribution < -0.4 is 16.4 Å². The number of amides is 1. The number of hydrogen-bond donors (Lipinski definition) is 3. The highest BCUT2D eigenvalue weighted by atomic mass is 16.2. The Labute approximate surface area is 177 Å². The number of carbonyl (C=O) groups excluding carboxylic acids is 1. The maximum Gasteiger partial charge on any atom is 0.272 e. The van der Waals surface area contributed by atoms with Crippen LogP contribution in [0.15, 0.2) is 59.3 Å². The number of piperidine rings is 1. The quantitative estimate of drug-likeness (QED) is 0.670. The van der Waals surface area contributed by atoms with Gasteiger partial charge >= 0.3 is 0 Å². The van der Waals surface area contributed by atoms with Gasteiger partial charge in [-0.25, -0.2) is 9.98 Å². The number of benzene rings is 1. The Kier molecular flexibility index (Phi) is 5.88. The first kappa shape index (κ1) is 20.2. The zero-order chi connectivity index (χ0) is 21.0. The molecule has 1 aromatic carbocycles. The molecule has 0 aromatic heterocycles. The minimum Gasteiger partial charge on any atom is -0.403 e. The second-order valence-electron chi connectivity index (χ2n) is 8.16. The van der Waals surface area contributed by atoms with E-state index in [1.807, 2.05) is 23.1 Å². The predicted octanol–water partition coefficient (Wildman–Crippen LogP) is 3.09. The molecule has 0 atom stereocenters. The summed E-state index contributed by atoms with van der Waals surface area (Å²) in [6, 6.07) is 8.65. The molecule has 1 saturated heterocycles. The Balaban J connectivity index is 1.54. The third-order valence-corrected chi connectivity index (χ3v) is 6.28. The Bertz CT molecular complexity index is 889. The number of rotatable bonds is 4. The molecule has 3 aliphatic rings. The van der Waals surface area contributed by atoms with E-state index in [0.717, 1.165) is 30.1 Å². The second-order valence-corrected chi connectivity index (χ2v) is 8.16. The van der Waals surface area contributed by atoms with E-state index in [4.69, 9.17) is 10.7 Å². The van der Waals surface area contributed by atoms with E-state index in [-0.39, 0.29) is 11.4 Å². The van der Waals surface area contributed by atoms with Gasteiger partial charge in [-0.15, -0.1) is 0 Å². The van der Waals surface area contributed by atoms with Crippen molar-refractivity contribution >= 4 is 28.8 Å². The Morgan fingerprint density at radius 2 is 2.03 bits per heavy atom. The molecule has 158 valence electrons. The molecule has 0 bridgehead atoms. The SMILES string of the molecule is C=C/C(=N\C=C/N)C(=O)N1CCC2(CC1)Nc1ccccc1N=C2NC1CCCC1. The lowest BCUT2D eigenvalue weighted by atomic mass is 9.83. The van der Waals surface area contributed by atoms with Crippen LogP contribution in [0.2, 0.25) is 0 Å². The highest BCUT2D eigenvalue weighted by molar-refractivity contribution is 6.43. The Morgan fingerprint density at radius 3 is 2.73 bits per heavy atom. The normalized spacial score (nSPS) is 21.3. The summed E-state index contributed by atoms with van der Waals surface area (Å²) in [4.78, 5) is 23.8. The molecule has 1 saturated carbocycles. The van der Waals surface area contributed by atoms with Gasteiger partial charge in [0, 0.05) is 31.5 Å². The van der Waals surface area contributed by atoms with Crippen LogP contribution in [0.25, 0.3) is 0 Å². The molecule has 2 aliphatic heterocycles.